The molecule has 0 aliphatic rings. The Morgan fingerprint density at radius 1 is 0.895 bits per heavy atom. The van der Waals surface area contributed by atoms with E-state index in [-0.39, 0.29) is 5.56 Å². The molecule has 0 spiro atoms. The van der Waals surface area contributed by atoms with Gasteiger partial charge in [0.15, 0.2) is 5.82 Å². The van der Waals surface area contributed by atoms with Gasteiger partial charge in [0.05, 0.1) is 30.0 Å². The van der Waals surface area contributed by atoms with Gasteiger partial charge in [-0.2, -0.15) is 14.6 Å². The van der Waals surface area contributed by atoms with Crippen LogP contribution >= 0.6 is 11.3 Å². The van der Waals surface area contributed by atoms with Crippen molar-refractivity contribution in [1.82, 2.24) is 24.4 Å². The molecule has 0 saturated carbocycles. The first-order valence-electron chi connectivity index (χ1n) is 11.9. The number of nitrogens with zero attached hydrogens (tertiary/aromatic N) is 5. The van der Waals surface area contributed by atoms with Crippen LogP contribution in [-0.2, 0) is 0 Å². The molecule has 0 amide bonds. The Balaban J connectivity index is 1.50. The van der Waals surface area contributed by atoms with E-state index in [1.165, 1.54) is 15.9 Å². The molecule has 188 valence electrons. The highest BCUT2D eigenvalue weighted by molar-refractivity contribution is 7.15. The number of benzene rings is 3. The summed E-state index contributed by atoms with van der Waals surface area (Å²) in [6.07, 6.45) is 3.79. The van der Waals surface area contributed by atoms with E-state index in [2.05, 4.69) is 10.1 Å². The van der Waals surface area contributed by atoms with Crippen LogP contribution in [-0.4, -0.2) is 38.6 Å². The summed E-state index contributed by atoms with van der Waals surface area (Å²) in [6.45, 7) is 2.02. The average Bonchev–Trinajstić information content (AvgIpc) is 3.64. The lowest BCUT2D eigenvalue weighted by Crippen LogP contribution is -2.23. The smallest absolute Gasteiger partial charge is 0.291 e. The summed E-state index contributed by atoms with van der Waals surface area (Å²) < 4.78 is 14.5. The lowest BCUT2D eigenvalue weighted by Gasteiger charge is -2.07. The molecule has 0 aliphatic carbocycles. The normalized spacial score (nSPS) is 11.8. The summed E-state index contributed by atoms with van der Waals surface area (Å²) in [4.78, 5) is 18.5. The fraction of sp³-hybridized carbons (Fsp3) is 0.103. The van der Waals surface area contributed by atoms with Gasteiger partial charge in [-0.05, 0) is 61.0 Å². The zero-order valence-electron chi connectivity index (χ0n) is 21.0. The lowest BCUT2D eigenvalue weighted by molar-refractivity contribution is 0.414. The number of rotatable bonds is 6. The lowest BCUT2D eigenvalue weighted by atomic mass is 10.0. The summed E-state index contributed by atoms with van der Waals surface area (Å²) >= 11 is 1.29. The molecule has 3 heterocycles. The number of para-hydroxylation sites is 2. The summed E-state index contributed by atoms with van der Waals surface area (Å²) in [5.41, 5.74) is 4.98. The monoisotopic (exact) mass is 521 g/mol. The summed E-state index contributed by atoms with van der Waals surface area (Å²) in [7, 11) is 3.25. The molecule has 0 atom stereocenters. The predicted octanol–water partition coefficient (Wildman–Crippen LogP) is 4.54. The van der Waals surface area contributed by atoms with E-state index in [4.69, 9.17) is 14.6 Å². The fourth-order valence-corrected chi connectivity index (χ4v) is 5.26. The third kappa shape index (κ3) is 4.12. The molecular weight excluding hydrogens is 498 g/mol. The average molecular weight is 522 g/mol. The Labute approximate surface area is 222 Å². The van der Waals surface area contributed by atoms with E-state index in [0.29, 0.717) is 21.1 Å². The fourth-order valence-electron chi connectivity index (χ4n) is 4.36. The zero-order chi connectivity index (χ0) is 26.2. The molecule has 0 unspecified atom stereocenters. The second-order valence-electron chi connectivity index (χ2n) is 8.64. The van der Waals surface area contributed by atoms with E-state index in [0.717, 1.165) is 39.4 Å². The first-order valence-corrected chi connectivity index (χ1v) is 12.7. The topological polar surface area (TPSA) is 83.5 Å². The third-order valence-electron chi connectivity index (χ3n) is 6.27. The van der Waals surface area contributed by atoms with Crippen LogP contribution in [0.25, 0.3) is 39.4 Å². The molecule has 0 fully saturated rings. The van der Waals surface area contributed by atoms with E-state index < -0.39 is 0 Å². The number of methoxy groups -OCH3 is 2. The minimum atomic E-state index is -0.233. The predicted molar refractivity (Wildman–Crippen MR) is 148 cm³/mol. The van der Waals surface area contributed by atoms with Gasteiger partial charge in [-0.25, -0.2) is 4.68 Å². The number of fused-ring (bicyclic) bond motifs is 1. The van der Waals surface area contributed by atoms with Crippen LogP contribution in [0, 0.1) is 6.92 Å². The van der Waals surface area contributed by atoms with Gasteiger partial charge >= 0.3 is 0 Å². The van der Waals surface area contributed by atoms with Crippen molar-refractivity contribution in [2.45, 2.75) is 6.92 Å². The Hall–Kier alpha value is -4.76. The Morgan fingerprint density at radius 3 is 2.42 bits per heavy atom. The van der Waals surface area contributed by atoms with Gasteiger partial charge in [-0.1, -0.05) is 41.7 Å². The summed E-state index contributed by atoms with van der Waals surface area (Å²) in [6, 6.07) is 23.2. The maximum atomic E-state index is 13.4. The van der Waals surface area contributed by atoms with Crippen molar-refractivity contribution in [3.05, 3.63) is 105 Å². The summed E-state index contributed by atoms with van der Waals surface area (Å²) in [5.74, 6) is 1.87. The van der Waals surface area contributed by atoms with Crippen molar-refractivity contribution in [3.63, 3.8) is 0 Å². The number of ether oxygens (including phenoxy) is 2. The van der Waals surface area contributed by atoms with Gasteiger partial charge in [-0.15, -0.1) is 5.10 Å². The quantitative estimate of drug-likeness (QED) is 0.320. The van der Waals surface area contributed by atoms with Gasteiger partial charge in [0.1, 0.15) is 17.2 Å². The van der Waals surface area contributed by atoms with Crippen LogP contribution in [0.5, 0.6) is 11.5 Å². The molecule has 6 rings (SSSR count). The van der Waals surface area contributed by atoms with Crippen molar-refractivity contribution in [2.24, 2.45) is 0 Å². The van der Waals surface area contributed by atoms with Gasteiger partial charge in [0.2, 0.25) is 4.96 Å². The molecule has 0 N–H and O–H groups in total. The van der Waals surface area contributed by atoms with Crippen LogP contribution < -0.4 is 19.6 Å². The maximum Gasteiger partial charge on any atom is 0.291 e. The third-order valence-corrected chi connectivity index (χ3v) is 7.23. The van der Waals surface area contributed by atoms with Crippen LogP contribution in [0.1, 0.15) is 11.1 Å². The SMILES string of the molecule is COc1ccc(-c2nn(-c3ccccc3)cc2C=c2sc3nc(-c4ccccc4OC)nn3c2=O)c(C)c1. The zero-order valence-corrected chi connectivity index (χ0v) is 21.8. The highest BCUT2D eigenvalue weighted by Gasteiger charge is 2.17. The van der Waals surface area contributed by atoms with E-state index in [1.807, 2.05) is 96.7 Å². The van der Waals surface area contributed by atoms with Gasteiger partial charge in [0.25, 0.3) is 5.56 Å². The Morgan fingerprint density at radius 2 is 1.68 bits per heavy atom. The van der Waals surface area contributed by atoms with Gasteiger partial charge < -0.3 is 9.47 Å². The van der Waals surface area contributed by atoms with E-state index in [9.17, 15) is 4.79 Å². The van der Waals surface area contributed by atoms with Crippen LogP contribution in [0.3, 0.4) is 0 Å². The number of thiazole rings is 1. The minimum Gasteiger partial charge on any atom is -0.497 e. The molecule has 3 aromatic carbocycles. The molecule has 0 aliphatic heterocycles. The molecular formula is C29H23N5O3S. The van der Waals surface area contributed by atoms with Crippen molar-refractivity contribution < 1.29 is 9.47 Å². The van der Waals surface area contributed by atoms with Gasteiger partial charge in [0, 0.05) is 17.3 Å². The second-order valence-corrected chi connectivity index (χ2v) is 9.65. The second kappa shape index (κ2) is 9.60. The molecule has 3 aromatic heterocycles. The van der Waals surface area contributed by atoms with Crippen molar-refractivity contribution in [3.8, 4) is 39.8 Å². The number of hydrogen-bond donors (Lipinski definition) is 0. The molecule has 0 radical (unpaired) electrons. The van der Waals surface area contributed by atoms with Crippen LogP contribution in [0.15, 0.2) is 83.8 Å². The van der Waals surface area contributed by atoms with E-state index >= 15 is 0 Å². The molecule has 0 saturated heterocycles. The summed E-state index contributed by atoms with van der Waals surface area (Å²) in [5, 5.41) is 9.39. The molecule has 8 nitrogen and oxygen atoms in total. The first-order chi connectivity index (χ1) is 18.6. The number of aromatic nitrogens is 5. The minimum absolute atomic E-state index is 0.233. The number of aryl methyl sites for hydroxylation is 1. The van der Waals surface area contributed by atoms with Crippen molar-refractivity contribution >= 4 is 22.4 Å². The number of hydrogen-bond acceptors (Lipinski definition) is 7. The first kappa shape index (κ1) is 23.6. The Bertz CT molecular complexity index is 1890. The highest BCUT2D eigenvalue weighted by atomic mass is 32.1. The van der Waals surface area contributed by atoms with Crippen molar-refractivity contribution in [2.75, 3.05) is 14.2 Å². The standard InChI is InChI=1S/C29H23N5O3S/c1-18-15-21(36-2)13-14-22(18)26-19(17-33(31-26)20-9-5-4-6-10-20)16-25-28(35)34-29(38-25)30-27(32-34)23-11-7-8-12-24(23)37-3/h4-17H,1-3H3. The molecule has 38 heavy (non-hydrogen) atoms. The molecule has 9 heteroatoms. The highest BCUT2D eigenvalue weighted by Crippen LogP contribution is 2.30. The van der Waals surface area contributed by atoms with Crippen molar-refractivity contribution in [1.29, 1.82) is 0 Å². The van der Waals surface area contributed by atoms with Crippen LogP contribution in [0.4, 0.5) is 0 Å². The molecule has 6 aromatic rings. The van der Waals surface area contributed by atoms with E-state index in [1.54, 1.807) is 14.2 Å². The maximum absolute atomic E-state index is 13.4. The molecule has 0 bridgehead atoms. The van der Waals surface area contributed by atoms with Gasteiger partial charge in [-0.3, -0.25) is 4.79 Å². The van der Waals surface area contributed by atoms with Crippen LogP contribution in [0.2, 0.25) is 0 Å². The Kier molecular flexibility index (Phi) is 5.97. The largest absolute Gasteiger partial charge is 0.497 e.